The van der Waals surface area contributed by atoms with Crippen molar-refractivity contribution in [3.05, 3.63) is 34.2 Å². The summed E-state index contributed by atoms with van der Waals surface area (Å²) in [6.45, 7) is 0.459. The molecule has 1 amide bonds. The number of aromatic amines is 1. The van der Waals surface area contributed by atoms with E-state index in [2.05, 4.69) is 4.98 Å². The molecule has 1 aromatic rings. The van der Waals surface area contributed by atoms with Crippen LogP contribution in [0.25, 0.3) is 0 Å². The number of carboxylic acids is 1. The fourth-order valence-corrected chi connectivity index (χ4v) is 1.53. The van der Waals surface area contributed by atoms with Crippen molar-refractivity contribution < 1.29 is 14.7 Å². The lowest BCUT2D eigenvalue weighted by atomic mass is 9.99. The Bertz CT molecular complexity index is 467. The van der Waals surface area contributed by atoms with Crippen molar-refractivity contribution in [1.29, 1.82) is 0 Å². The van der Waals surface area contributed by atoms with Crippen LogP contribution in [-0.2, 0) is 4.79 Å². The molecule has 6 heteroatoms. The zero-order valence-corrected chi connectivity index (χ0v) is 8.34. The van der Waals surface area contributed by atoms with Gasteiger partial charge in [0.05, 0.1) is 11.5 Å². The number of carboxylic acid groups (broad SMARTS) is 1. The first-order chi connectivity index (χ1) is 7.58. The monoisotopic (exact) mass is 222 g/mol. The van der Waals surface area contributed by atoms with E-state index >= 15 is 0 Å². The topological polar surface area (TPSA) is 90.5 Å². The summed E-state index contributed by atoms with van der Waals surface area (Å²) in [5.41, 5.74) is 0.0898. The predicted octanol–water partition coefficient (Wildman–Crippen LogP) is -0.469. The maximum Gasteiger partial charge on any atom is 0.310 e. The molecule has 84 valence electrons. The Morgan fingerprint density at radius 1 is 1.38 bits per heavy atom. The molecule has 0 atom stereocenters. The minimum absolute atomic E-state index is 0.229. The number of likely N-dealkylation sites (tertiary alicyclic amines) is 1. The van der Waals surface area contributed by atoms with Crippen LogP contribution in [0.5, 0.6) is 0 Å². The number of carbonyl (C=O) groups is 2. The van der Waals surface area contributed by atoms with Crippen LogP contribution in [0.4, 0.5) is 0 Å². The largest absolute Gasteiger partial charge is 0.481 e. The summed E-state index contributed by atoms with van der Waals surface area (Å²) in [4.78, 5) is 36.9. The lowest BCUT2D eigenvalue weighted by molar-refractivity contribution is -0.146. The molecule has 1 fully saturated rings. The van der Waals surface area contributed by atoms with E-state index in [1.54, 1.807) is 0 Å². The summed E-state index contributed by atoms with van der Waals surface area (Å²) in [6, 6.07) is 2.69. The van der Waals surface area contributed by atoms with Crippen molar-refractivity contribution in [3.63, 3.8) is 0 Å². The lowest BCUT2D eigenvalue weighted by Crippen LogP contribution is -2.53. The smallest absolute Gasteiger partial charge is 0.310 e. The van der Waals surface area contributed by atoms with E-state index in [1.807, 2.05) is 0 Å². The quantitative estimate of drug-likeness (QED) is 0.707. The molecule has 2 N–H and O–H groups in total. The number of aromatic nitrogens is 1. The molecule has 0 spiro atoms. The van der Waals surface area contributed by atoms with Crippen molar-refractivity contribution in [2.45, 2.75) is 0 Å². The third kappa shape index (κ3) is 1.81. The maximum atomic E-state index is 11.7. The van der Waals surface area contributed by atoms with Gasteiger partial charge >= 0.3 is 5.97 Å². The zero-order chi connectivity index (χ0) is 11.7. The van der Waals surface area contributed by atoms with Crippen LogP contribution in [0.15, 0.2) is 23.1 Å². The van der Waals surface area contributed by atoms with E-state index < -0.39 is 11.9 Å². The molecule has 1 saturated heterocycles. The number of nitrogens with zero attached hydrogens (tertiary/aromatic N) is 1. The van der Waals surface area contributed by atoms with Gasteiger partial charge in [-0.15, -0.1) is 0 Å². The first-order valence-corrected chi connectivity index (χ1v) is 4.79. The molecule has 0 radical (unpaired) electrons. The molecule has 1 aromatic heterocycles. The fourth-order valence-electron chi connectivity index (χ4n) is 1.53. The predicted molar refractivity (Wildman–Crippen MR) is 54.1 cm³/mol. The van der Waals surface area contributed by atoms with Crippen molar-refractivity contribution in [1.82, 2.24) is 9.88 Å². The number of nitrogens with one attached hydrogen (secondary N) is 1. The van der Waals surface area contributed by atoms with Crippen LogP contribution in [-0.4, -0.2) is 40.0 Å². The van der Waals surface area contributed by atoms with Gasteiger partial charge in [0.25, 0.3) is 5.91 Å². The highest BCUT2D eigenvalue weighted by atomic mass is 16.4. The highest BCUT2D eigenvalue weighted by Crippen LogP contribution is 2.17. The van der Waals surface area contributed by atoms with Gasteiger partial charge in [-0.1, -0.05) is 0 Å². The zero-order valence-electron chi connectivity index (χ0n) is 8.34. The summed E-state index contributed by atoms with van der Waals surface area (Å²) in [7, 11) is 0. The average Bonchev–Trinajstić information content (AvgIpc) is 2.15. The lowest BCUT2D eigenvalue weighted by Gasteiger charge is -2.36. The molecular formula is C10H10N2O4. The number of hydrogen-bond donors (Lipinski definition) is 2. The molecule has 6 nitrogen and oxygen atoms in total. The summed E-state index contributed by atoms with van der Waals surface area (Å²) in [6.07, 6.45) is 1.33. The van der Waals surface area contributed by atoms with E-state index in [1.165, 1.54) is 23.2 Å². The average molecular weight is 222 g/mol. The summed E-state index contributed by atoms with van der Waals surface area (Å²) >= 11 is 0. The number of rotatable bonds is 2. The minimum atomic E-state index is -0.884. The molecule has 0 unspecified atom stereocenters. The Balaban J connectivity index is 2.03. The van der Waals surface area contributed by atoms with E-state index in [0.717, 1.165) is 0 Å². The van der Waals surface area contributed by atoms with E-state index in [0.29, 0.717) is 5.56 Å². The highest BCUT2D eigenvalue weighted by molar-refractivity contribution is 5.95. The van der Waals surface area contributed by atoms with E-state index in [9.17, 15) is 14.4 Å². The number of pyridine rings is 1. The van der Waals surface area contributed by atoms with Gasteiger partial charge in [0.2, 0.25) is 5.56 Å². The van der Waals surface area contributed by atoms with E-state index in [4.69, 9.17) is 5.11 Å². The van der Waals surface area contributed by atoms with Gasteiger partial charge < -0.3 is 15.0 Å². The second-order valence-electron chi connectivity index (χ2n) is 3.69. The van der Waals surface area contributed by atoms with Crippen LogP contribution in [0.1, 0.15) is 10.4 Å². The van der Waals surface area contributed by atoms with Crippen LogP contribution in [0, 0.1) is 5.92 Å². The number of carbonyl (C=O) groups excluding carboxylic acids is 1. The molecular weight excluding hydrogens is 212 g/mol. The van der Waals surface area contributed by atoms with Crippen LogP contribution < -0.4 is 5.56 Å². The normalized spacial score (nSPS) is 15.6. The van der Waals surface area contributed by atoms with Crippen LogP contribution >= 0.6 is 0 Å². The fraction of sp³-hybridized carbons (Fsp3) is 0.300. The highest BCUT2D eigenvalue weighted by Gasteiger charge is 2.35. The molecule has 2 rings (SSSR count). The molecule has 1 aliphatic heterocycles. The minimum Gasteiger partial charge on any atom is -0.481 e. The molecule has 0 bridgehead atoms. The molecule has 16 heavy (non-hydrogen) atoms. The Morgan fingerprint density at radius 3 is 2.56 bits per heavy atom. The number of H-pyrrole nitrogens is 1. The molecule has 2 heterocycles. The van der Waals surface area contributed by atoms with Gasteiger partial charge in [-0.2, -0.15) is 0 Å². The third-order valence-electron chi connectivity index (χ3n) is 2.55. The molecule has 1 aliphatic rings. The van der Waals surface area contributed by atoms with Gasteiger partial charge in [-0.25, -0.2) is 0 Å². The second-order valence-corrected chi connectivity index (χ2v) is 3.69. The number of hydrogen-bond acceptors (Lipinski definition) is 3. The van der Waals surface area contributed by atoms with Crippen LogP contribution in [0.3, 0.4) is 0 Å². The number of aliphatic carboxylic acids is 1. The third-order valence-corrected chi connectivity index (χ3v) is 2.55. The molecule has 0 saturated carbocycles. The van der Waals surface area contributed by atoms with Crippen molar-refractivity contribution in [2.75, 3.05) is 13.1 Å². The van der Waals surface area contributed by atoms with E-state index in [-0.39, 0.29) is 24.6 Å². The first-order valence-electron chi connectivity index (χ1n) is 4.79. The van der Waals surface area contributed by atoms with Gasteiger partial charge in [0.15, 0.2) is 0 Å². The molecule has 0 aromatic carbocycles. The second kappa shape index (κ2) is 3.80. The summed E-state index contributed by atoms with van der Waals surface area (Å²) < 4.78 is 0. The standard InChI is InChI=1S/C10H10N2O4/c13-8-2-1-6(3-11-8)9(14)12-4-7(5-12)10(15)16/h1-3,7H,4-5H2,(H,11,13)(H,15,16). The number of amides is 1. The van der Waals surface area contributed by atoms with Gasteiger partial charge in [0, 0.05) is 25.4 Å². The Morgan fingerprint density at radius 2 is 2.06 bits per heavy atom. The van der Waals surface area contributed by atoms with Crippen molar-refractivity contribution >= 4 is 11.9 Å². The van der Waals surface area contributed by atoms with Crippen LogP contribution in [0.2, 0.25) is 0 Å². The Kier molecular flexibility index (Phi) is 2.47. The van der Waals surface area contributed by atoms with Crippen molar-refractivity contribution in [3.8, 4) is 0 Å². The van der Waals surface area contributed by atoms with Gasteiger partial charge in [-0.05, 0) is 6.07 Å². The first kappa shape index (κ1) is 10.4. The summed E-state index contributed by atoms with van der Waals surface area (Å²) in [5, 5.41) is 8.65. The Hall–Kier alpha value is -2.11. The van der Waals surface area contributed by atoms with Crippen molar-refractivity contribution in [2.24, 2.45) is 5.92 Å². The SMILES string of the molecule is O=C(O)C1CN(C(=O)c2ccc(=O)[nH]c2)C1. The maximum absolute atomic E-state index is 11.7. The molecule has 0 aliphatic carbocycles. The Labute approximate surface area is 90.5 Å². The summed E-state index contributed by atoms with van der Waals surface area (Å²) in [5.74, 6) is -1.61. The van der Waals surface area contributed by atoms with Gasteiger partial charge in [0.1, 0.15) is 0 Å². The van der Waals surface area contributed by atoms with Gasteiger partial charge in [-0.3, -0.25) is 14.4 Å².